The van der Waals surface area contributed by atoms with Gasteiger partial charge >= 0.3 is 0 Å². The van der Waals surface area contributed by atoms with Crippen molar-refractivity contribution in [1.29, 1.82) is 5.26 Å². The summed E-state index contributed by atoms with van der Waals surface area (Å²) >= 11 is 0. The fourth-order valence-electron chi connectivity index (χ4n) is 3.14. The van der Waals surface area contributed by atoms with Crippen LogP contribution in [0.3, 0.4) is 0 Å². The second-order valence-electron chi connectivity index (χ2n) is 8.08. The first-order valence-electron chi connectivity index (χ1n) is 10.7. The number of nitrogens with zero attached hydrogens (tertiary/aromatic N) is 1. The molecule has 0 fully saturated rings. The average Bonchev–Trinajstić information content (AvgIpc) is 2.56. The molecule has 0 saturated carbocycles. The Hall–Kier alpha value is -0.770. The molecule has 0 rings (SSSR count). The first-order chi connectivity index (χ1) is 11.6. The van der Waals surface area contributed by atoms with E-state index in [4.69, 9.17) is 5.26 Å². The van der Waals surface area contributed by atoms with Gasteiger partial charge in [0.05, 0.1) is 6.07 Å². The molecule has 0 radical (unpaired) electrons. The van der Waals surface area contributed by atoms with E-state index >= 15 is 0 Å². The van der Waals surface area contributed by atoms with Crippen molar-refractivity contribution in [2.45, 2.75) is 124 Å². The Morgan fingerprint density at radius 2 is 1.21 bits per heavy atom. The van der Waals surface area contributed by atoms with E-state index in [1.807, 2.05) is 0 Å². The summed E-state index contributed by atoms with van der Waals surface area (Å²) in [5.74, 6) is 0. The summed E-state index contributed by atoms with van der Waals surface area (Å²) in [5.41, 5.74) is 0.187. The predicted octanol–water partition coefficient (Wildman–Crippen LogP) is 8.35. The average molecular weight is 334 g/mol. The molecule has 0 aliphatic heterocycles. The maximum Gasteiger partial charge on any atom is 0.0622 e. The van der Waals surface area contributed by atoms with Crippen molar-refractivity contribution in [3.05, 3.63) is 12.2 Å². The number of allylic oxidation sites excluding steroid dienone is 2. The van der Waals surface area contributed by atoms with Crippen LogP contribution in [-0.2, 0) is 0 Å². The molecular weight excluding hydrogens is 290 g/mol. The zero-order valence-corrected chi connectivity index (χ0v) is 16.9. The Balaban J connectivity index is 3.27. The van der Waals surface area contributed by atoms with Gasteiger partial charge in [0, 0.05) is 6.42 Å². The van der Waals surface area contributed by atoms with E-state index in [0.717, 1.165) is 6.42 Å². The molecule has 0 heterocycles. The van der Waals surface area contributed by atoms with Gasteiger partial charge in [-0.1, -0.05) is 110 Å². The molecule has 0 aliphatic carbocycles. The molecule has 0 N–H and O–H groups in total. The molecule has 0 aliphatic rings. The number of hydrogen-bond acceptors (Lipinski definition) is 1. The summed E-state index contributed by atoms with van der Waals surface area (Å²) in [5, 5.41) is 8.66. The highest BCUT2D eigenvalue weighted by Crippen LogP contribution is 2.24. The fraction of sp³-hybridized carbons (Fsp3) is 0.870. The molecule has 0 bridgehead atoms. The van der Waals surface area contributed by atoms with E-state index in [-0.39, 0.29) is 5.41 Å². The number of hydrogen-bond donors (Lipinski definition) is 0. The molecule has 0 atom stereocenters. The first kappa shape index (κ1) is 23.2. The molecule has 0 aromatic carbocycles. The third-order valence-corrected chi connectivity index (χ3v) is 4.92. The Kier molecular flexibility index (Phi) is 16.5. The third kappa shape index (κ3) is 17.6. The Morgan fingerprint density at radius 1 is 0.750 bits per heavy atom. The van der Waals surface area contributed by atoms with Crippen molar-refractivity contribution in [2.75, 3.05) is 0 Å². The van der Waals surface area contributed by atoms with Crippen molar-refractivity contribution in [3.8, 4) is 6.07 Å². The minimum absolute atomic E-state index is 0.187. The van der Waals surface area contributed by atoms with Gasteiger partial charge in [0.1, 0.15) is 0 Å². The van der Waals surface area contributed by atoms with Crippen molar-refractivity contribution in [3.63, 3.8) is 0 Å². The molecule has 0 saturated heterocycles. The van der Waals surface area contributed by atoms with Crippen molar-refractivity contribution < 1.29 is 0 Å². The lowest BCUT2D eigenvalue weighted by Gasteiger charge is -2.17. The Morgan fingerprint density at radius 3 is 1.67 bits per heavy atom. The van der Waals surface area contributed by atoms with Gasteiger partial charge < -0.3 is 0 Å². The second-order valence-corrected chi connectivity index (χ2v) is 8.08. The van der Waals surface area contributed by atoms with Gasteiger partial charge in [-0.25, -0.2) is 0 Å². The van der Waals surface area contributed by atoms with Crippen LogP contribution in [0.25, 0.3) is 0 Å². The van der Waals surface area contributed by atoms with E-state index in [9.17, 15) is 0 Å². The summed E-state index contributed by atoms with van der Waals surface area (Å²) in [6.45, 7) is 6.74. The highest BCUT2D eigenvalue weighted by atomic mass is 14.2. The molecular formula is C23H43N. The number of nitriles is 1. The van der Waals surface area contributed by atoms with E-state index in [0.29, 0.717) is 6.42 Å². The highest BCUT2D eigenvalue weighted by molar-refractivity contribution is 4.96. The normalized spacial score (nSPS) is 11.9. The van der Waals surface area contributed by atoms with E-state index in [2.05, 4.69) is 39.0 Å². The van der Waals surface area contributed by atoms with Crippen LogP contribution in [0.1, 0.15) is 124 Å². The SMILES string of the molecule is CCCCCCCCCCCCCCC/C=C/C(C)(C)CCC#N. The molecule has 1 heteroatoms. The topological polar surface area (TPSA) is 23.8 Å². The predicted molar refractivity (Wildman–Crippen MR) is 108 cm³/mol. The molecule has 0 unspecified atom stereocenters. The van der Waals surface area contributed by atoms with Crippen LogP contribution < -0.4 is 0 Å². The van der Waals surface area contributed by atoms with Gasteiger partial charge in [-0.3, -0.25) is 0 Å². The van der Waals surface area contributed by atoms with Crippen LogP contribution in [0.5, 0.6) is 0 Å². The molecule has 0 aromatic heterocycles. The van der Waals surface area contributed by atoms with Gasteiger partial charge in [-0.15, -0.1) is 0 Å². The van der Waals surface area contributed by atoms with E-state index < -0.39 is 0 Å². The van der Waals surface area contributed by atoms with Crippen LogP contribution in [0.15, 0.2) is 12.2 Å². The Labute approximate surface area is 152 Å². The van der Waals surface area contributed by atoms with E-state index in [1.54, 1.807) is 0 Å². The lowest BCUT2D eigenvalue weighted by atomic mass is 9.87. The van der Waals surface area contributed by atoms with Crippen molar-refractivity contribution in [2.24, 2.45) is 5.41 Å². The fourth-order valence-corrected chi connectivity index (χ4v) is 3.14. The summed E-state index contributed by atoms with van der Waals surface area (Å²) in [7, 11) is 0. The summed E-state index contributed by atoms with van der Waals surface area (Å²) < 4.78 is 0. The number of rotatable bonds is 17. The lowest BCUT2D eigenvalue weighted by Crippen LogP contribution is -2.06. The molecule has 0 amide bonds. The van der Waals surface area contributed by atoms with Gasteiger partial charge in [0.15, 0.2) is 0 Å². The van der Waals surface area contributed by atoms with Crippen molar-refractivity contribution in [1.82, 2.24) is 0 Å². The maximum atomic E-state index is 8.66. The maximum absolute atomic E-state index is 8.66. The molecule has 24 heavy (non-hydrogen) atoms. The lowest BCUT2D eigenvalue weighted by molar-refractivity contribution is 0.443. The summed E-state index contributed by atoms with van der Waals surface area (Å²) in [6, 6.07) is 2.24. The van der Waals surface area contributed by atoms with Gasteiger partial charge in [-0.05, 0) is 24.7 Å². The minimum atomic E-state index is 0.187. The molecule has 0 aromatic rings. The largest absolute Gasteiger partial charge is 0.198 e. The highest BCUT2D eigenvalue weighted by Gasteiger charge is 2.12. The van der Waals surface area contributed by atoms with Gasteiger partial charge in [0.25, 0.3) is 0 Å². The summed E-state index contributed by atoms with van der Waals surface area (Å²) in [6.07, 6.45) is 25.9. The molecule has 1 nitrogen and oxygen atoms in total. The first-order valence-corrected chi connectivity index (χ1v) is 10.7. The molecule has 0 spiro atoms. The van der Waals surface area contributed by atoms with Crippen LogP contribution in [0, 0.1) is 16.7 Å². The summed E-state index contributed by atoms with van der Waals surface area (Å²) in [4.78, 5) is 0. The van der Waals surface area contributed by atoms with Crippen LogP contribution in [0.4, 0.5) is 0 Å². The standard InChI is InChI=1S/C23H43N/c1-4-5-6-7-8-9-10-11-12-13-14-15-16-17-18-20-23(2,3)21-19-22-24/h18,20H,4-17,19,21H2,1-3H3/b20-18+. The minimum Gasteiger partial charge on any atom is -0.198 e. The second kappa shape index (κ2) is 17.1. The smallest absolute Gasteiger partial charge is 0.0622 e. The van der Waals surface area contributed by atoms with Crippen molar-refractivity contribution >= 4 is 0 Å². The van der Waals surface area contributed by atoms with E-state index in [1.165, 1.54) is 89.9 Å². The van der Waals surface area contributed by atoms with Crippen LogP contribution in [0.2, 0.25) is 0 Å². The van der Waals surface area contributed by atoms with Crippen LogP contribution >= 0.6 is 0 Å². The zero-order valence-electron chi connectivity index (χ0n) is 16.9. The monoisotopic (exact) mass is 333 g/mol. The third-order valence-electron chi connectivity index (χ3n) is 4.92. The van der Waals surface area contributed by atoms with Crippen LogP contribution in [-0.4, -0.2) is 0 Å². The van der Waals surface area contributed by atoms with Gasteiger partial charge in [0.2, 0.25) is 0 Å². The quantitative estimate of drug-likeness (QED) is 0.194. The molecule has 140 valence electrons. The van der Waals surface area contributed by atoms with Gasteiger partial charge in [-0.2, -0.15) is 5.26 Å². The Bertz CT molecular complexity index is 321. The zero-order chi connectivity index (χ0) is 17.9. The number of unbranched alkanes of at least 4 members (excludes halogenated alkanes) is 13.